The summed E-state index contributed by atoms with van der Waals surface area (Å²) in [4.78, 5) is 0. The van der Waals surface area contributed by atoms with Gasteiger partial charge in [-0.05, 0) is 24.3 Å². The Morgan fingerprint density at radius 2 is 1.95 bits per heavy atom. The molecule has 2 aromatic rings. The largest absolute Gasteiger partial charge is 0.382 e. The molecule has 0 aliphatic heterocycles. The number of nitriles is 1. The number of hydrogen-bond acceptors (Lipinski definition) is 4. The van der Waals surface area contributed by atoms with Crippen molar-refractivity contribution in [2.45, 2.75) is 0 Å². The molecule has 6 heteroatoms. The molecule has 0 fully saturated rings. The van der Waals surface area contributed by atoms with Gasteiger partial charge >= 0.3 is 0 Å². The molecule has 6 nitrogen and oxygen atoms in total. The summed E-state index contributed by atoms with van der Waals surface area (Å²) in [7, 11) is 0. The van der Waals surface area contributed by atoms with Gasteiger partial charge < -0.3 is 10.3 Å². The molecule has 1 heterocycles. The number of aromatic nitrogens is 1. The topological polar surface area (TPSA) is 103 Å². The first-order valence-corrected chi connectivity index (χ1v) is 5.53. The molecule has 0 amide bonds. The second kappa shape index (κ2) is 5.51. The van der Waals surface area contributed by atoms with E-state index in [0.717, 1.165) is 5.69 Å². The maximum Gasteiger partial charge on any atom is 0.201 e. The third-order valence-corrected chi connectivity index (χ3v) is 2.44. The van der Waals surface area contributed by atoms with Crippen LogP contribution in [0.1, 0.15) is 0 Å². The van der Waals surface area contributed by atoms with Crippen molar-refractivity contribution in [3.63, 3.8) is 0 Å². The van der Waals surface area contributed by atoms with Gasteiger partial charge in [-0.2, -0.15) is 10.4 Å². The number of hydrogen-bond donors (Lipinski definition) is 3. The summed E-state index contributed by atoms with van der Waals surface area (Å²) in [6, 6.07) is 13.1. The number of nitrogens with zero attached hydrogens (tertiary/aromatic N) is 3. The zero-order valence-corrected chi connectivity index (χ0v) is 10.0. The van der Waals surface area contributed by atoms with E-state index in [1.54, 1.807) is 6.07 Å². The smallest absolute Gasteiger partial charge is 0.201 e. The quantitative estimate of drug-likeness (QED) is 0.438. The lowest BCUT2D eigenvalue weighted by atomic mass is 10.2. The lowest BCUT2D eigenvalue weighted by Gasteiger charge is -2.09. The average molecular weight is 252 g/mol. The first kappa shape index (κ1) is 12.4. The number of amidine groups is 1. The van der Waals surface area contributed by atoms with Gasteiger partial charge in [0.1, 0.15) is 6.07 Å². The second-order valence-electron chi connectivity index (χ2n) is 3.71. The monoisotopic (exact) mass is 252 g/mol. The van der Waals surface area contributed by atoms with Crippen molar-refractivity contribution in [3.05, 3.63) is 48.8 Å². The molecule has 0 aliphatic rings. The summed E-state index contributed by atoms with van der Waals surface area (Å²) in [5.41, 5.74) is 9.44. The van der Waals surface area contributed by atoms with Crippen LogP contribution in [0.2, 0.25) is 0 Å². The van der Waals surface area contributed by atoms with Crippen LogP contribution in [0.5, 0.6) is 0 Å². The molecule has 0 atom stereocenters. The van der Waals surface area contributed by atoms with Crippen molar-refractivity contribution in [3.8, 4) is 11.8 Å². The van der Waals surface area contributed by atoms with Crippen LogP contribution in [0.4, 0.5) is 5.69 Å². The molecule has 0 aliphatic carbocycles. The van der Waals surface area contributed by atoms with E-state index in [1.165, 1.54) is 0 Å². The van der Waals surface area contributed by atoms with Crippen LogP contribution in [-0.4, -0.2) is 16.1 Å². The first-order valence-electron chi connectivity index (χ1n) is 5.53. The van der Waals surface area contributed by atoms with Crippen LogP contribution in [-0.2, 0) is 0 Å². The molecule has 0 saturated carbocycles. The summed E-state index contributed by atoms with van der Waals surface area (Å²) in [6.07, 6.45) is 3.81. The molecule has 0 spiro atoms. The molecule has 1 aromatic carbocycles. The third kappa shape index (κ3) is 2.79. The molecule has 0 unspecified atom stereocenters. The molecule has 2 rings (SSSR count). The van der Waals surface area contributed by atoms with Crippen molar-refractivity contribution < 1.29 is 0 Å². The Kier molecular flexibility index (Phi) is 3.59. The van der Waals surface area contributed by atoms with Crippen molar-refractivity contribution in [2.75, 3.05) is 5.43 Å². The van der Waals surface area contributed by atoms with Crippen LogP contribution in [0.3, 0.4) is 0 Å². The first-order chi connectivity index (χ1) is 9.22. The molecular formula is C13H12N6. The fourth-order valence-corrected chi connectivity index (χ4v) is 1.55. The van der Waals surface area contributed by atoms with Gasteiger partial charge in [-0.3, -0.25) is 10.8 Å². The van der Waals surface area contributed by atoms with Gasteiger partial charge in [0.05, 0.1) is 11.4 Å². The predicted molar refractivity (Wildman–Crippen MR) is 74.4 cm³/mol. The molecule has 1 aromatic heterocycles. The Balaban J connectivity index is 2.32. The van der Waals surface area contributed by atoms with Crippen molar-refractivity contribution in [2.24, 2.45) is 10.8 Å². The number of hydrazone groups is 1. The maximum atomic E-state index is 8.78. The SMILES string of the molecule is N#C/C(=N\Nc1ccccc1-n1cccc1)C(=N)N. The van der Waals surface area contributed by atoms with Crippen molar-refractivity contribution in [1.29, 1.82) is 10.7 Å². The summed E-state index contributed by atoms with van der Waals surface area (Å²) >= 11 is 0. The highest BCUT2D eigenvalue weighted by Gasteiger charge is 2.04. The van der Waals surface area contributed by atoms with Gasteiger partial charge in [0.25, 0.3) is 0 Å². The fourth-order valence-electron chi connectivity index (χ4n) is 1.55. The standard InChI is InChI=1S/C13H12N6/c14-9-11(13(15)16)18-17-10-5-1-2-6-12(10)19-7-3-4-8-19/h1-8,17H,(H3,15,16)/b18-11+. The van der Waals surface area contributed by atoms with E-state index < -0.39 is 0 Å². The summed E-state index contributed by atoms with van der Waals surface area (Å²) < 4.78 is 1.91. The van der Waals surface area contributed by atoms with E-state index in [1.807, 2.05) is 53.4 Å². The summed E-state index contributed by atoms with van der Waals surface area (Å²) in [6.45, 7) is 0. The van der Waals surface area contributed by atoms with Crippen LogP contribution < -0.4 is 11.2 Å². The highest BCUT2D eigenvalue weighted by atomic mass is 15.3. The van der Waals surface area contributed by atoms with Gasteiger partial charge in [0, 0.05) is 12.4 Å². The number of benzene rings is 1. The van der Waals surface area contributed by atoms with Crippen LogP contribution in [0.25, 0.3) is 5.69 Å². The molecule has 0 radical (unpaired) electrons. The Bertz CT molecular complexity index is 648. The van der Waals surface area contributed by atoms with E-state index in [0.29, 0.717) is 5.69 Å². The van der Waals surface area contributed by atoms with E-state index in [2.05, 4.69) is 10.5 Å². The predicted octanol–water partition coefficient (Wildman–Crippen LogP) is 1.70. The Labute approximate surface area is 110 Å². The number of rotatable bonds is 4. The molecule has 19 heavy (non-hydrogen) atoms. The minimum Gasteiger partial charge on any atom is -0.382 e. The van der Waals surface area contributed by atoms with E-state index in [9.17, 15) is 0 Å². The number of para-hydroxylation sites is 2. The van der Waals surface area contributed by atoms with Crippen molar-refractivity contribution in [1.82, 2.24) is 4.57 Å². The Morgan fingerprint density at radius 3 is 2.58 bits per heavy atom. The highest BCUT2D eigenvalue weighted by Crippen LogP contribution is 2.19. The van der Waals surface area contributed by atoms with Crippen LogP contribution in [0.15, 0.2) is 53.9 Å². The van der Waals surface area contributed by atoms with Gasteiger partial charge in [-0.25, -0.2) is 0 Å². The van der Waals surface area contributed by atoms with Gasteiger partial charge in [0.2, 0.25) is 5.71 Å². The second-order valence-corrected chi connectivity index (χ2v) is 3.71. The minimum absolute atomic E-state index is 0.151. The van der Waals surface area contributed by atoms with Gasteiger partial charge in [-0.15, -0.1) is 0 Å². The van der Waals surface area contributed by atoms with E-state index in [-0.39, 0.29) is 11.5 Å². The molecule has 94 valence electrons. The van der Waals surface area contributed by atoms with Gasteiger partial charge in [-0.1, -0.05) is 12.1 Å². The molecule has 0 bridgehead atoms. The zero-order chi connectivity index (χ0) is 13.7. The zero-order valence-electron chi connectivity index (χ0n) is 10.0. The Morgan fingerprint density at radius 1 is 1.26 bits per heavy atom. The summed E-state index contributed by atoms with van der Waals surface area (Å²) in [5.74, 6) is -0.367. The van der Waals surface area contributed by atoms with E-state index >= 15 is 0 Å². The number of anilines is 1. The number of nitrogens with one attached hydrogen (secondary N) is 2. The fraction of sp³-hybridized carbons (Fsp3) is 0. The Hall–Kier alpha value is -3.07. The minimum atomic E-state index is -0.367. The number of nitrogens with two attached hydrogens (primary N) is 1. The third-order valence-electron chi connectivity index (χ3n) is 2.44. The molecule has 4 N–H and O–H groups in total. The highest BCUT2D eigenvalue weighted by molar-refractivity contribution is 6.45. The van der Waals surface area contributed by atoms with Crippen LogP contribution >= 0.6 is 0 Å². The molecule has 0 saturated heterocycles. The van der Waals surface area contributed by atoms with Gasteiger partial charge in [0.15, 0.2) is 5.84 Å². The lowest BCUT2D eigenvalue weighted by Crippen LogP contribution is -2.22. The van der Waals surface area contributed by atoms with Crippen molar-refractivity contribution >= 4 is 17.2 Å². The molecular weight excluding hydrogens is 240 g/mol. The normalized spacial score (nSPS) is 10.8. The van der Waals surface area contributed by atoms with E-state index in [4.69, 9.17) is 16.4 Å². The van der Waals surface area contributed by atoms with Crippen LogP contribution in [0, 0.1) is 16.7 Å². The average Bonchev–Trinajstić information content (AvgIpc) is 2.93. The lowest BCUT2D eigenvalue weighted by molar-refractivity contribution is 1.07. The summed E-state index contributed by atoms with van der Waals surface area (Å²) in [5, 5.41) is 19.8. The maximum absolute atomic E-state index is 8.78.